The first-order valence-electron chi connectivity index (χ1n) is 1.69. The molecule has 0 atom stereocenters. The van der Waals surface area contributed by atoms with Gasteiger partial charge in [-0.1, -0.05) is 0 Å². The minimum absolute atomic E-state index is 0.0833. The van der Waals surface area contributed by atoms with Gasteiger partial charge >= 0.3 is 5.17 Å². The third kappa shape index (κ3) is 5.49. The average Bonchev–Trinajstić information content (AvgIpc) is 1.27. The van der Waals surface area contributed by atoms with Crippen LogP contribution in [0.5, 0.6) is 0 Å². The Labute approximate surface area is 45.8 Å². The Kier molecular flexibility index (Phi) is 2.44. The molecule has 0 aromatic carbocycles. The number of hydrogen-bond acceptors (Lipinski definition) is 2. The van der Waals surface area contributed by atoms with Gasteiger partial charge in [-0.3, -0.25) is 15.9 Å². The predicted molar refractivity (Wildman–Crippen MR) is 29.4 cm³/mol. The lowest BCUT2D eigenvalue weighted by Gasteiger charge is -1.79. The summed E-state index contributed by atoms with van der Waals surface area (Å²) in [5.74, 6) is 0. The zero-order valence-electron chi connectivity index (χ0n) is 3.97. The molecule has 3 nitrogen and oxygen atoms in total. The van der Waals surface area contributed by atoms with E-state index in [1.54, 1.807) is 0 Å². The molecule has 0 saturated heterocycles. The van der Waals surface area contributed by atoms with Crippen molar-refractivity contribution >= 4 is 22.0 Å². The van der Waals surface area contributed by atoms with Crippen LogP contribution in [0.2, 0.25) is 0 Å². The Morgan fingerprint density at radius 3 is 2.29 bits per heavy atom. The second kappa shape index (κ2) is 2.63. The van der Waals surface area contributed by atoms with Crippen LogP contribution in [0.4, 0.5) is 0 Å². The SMILES string of the molecule is CC(=O)SC(N)=[NH2+]. The number of carbonyl (C=O) groups is 1. The van der Waals surface area contributed by atoms with Crippen molar-refractivity contribution < 1.29 is 10.2 Å². The lowest BCUT2D eigenvalue weighted by Crippen LogP contribution is -2.43. The number of carbonyl (C=O) groups excluding carboxylic acids is 1. The molecule has 4 N–H and O–H groups in total. The van der Waals surface area contributed by atoms with E-state index in [-0.39, 0.29) is 10.3 Å². The Morgan fingerprint density at radius 2 is 2.29 bits per heavy atom. The van der Waals surface area contributed by atoms with Crippen molar-refractivity contribution in [3.8, 4) is 0 Å². The van der Waals surface area contributed by atoms with Gasteiger partial charge in [-0.15, -0.1) is 0 Å². The third-order valence-corrected chi connectivity index (χ3v) is 0.785. The van der Waals surface area contributed by atoms with E-state index in [2.05, 4.69) is 0 Å². The summed E-state index contributed by atoms with van der Waals surface area (Å²) in [5.41, 5.74) is 4.93. The van der Waals surface area contributed by atoms with Crippen molar-refractivity contribution in [2.24, 2.45) is 5.73 Å². The molecule has 0 aliphatic rings. The van der Waals surface area contributed by atoms with Gasteiger partial charge < -0.3 is 0 Å². The summed E-state index contributed by atoms with van der Waals surface area (Å²) in [5, 5.41) is 4.95. The molecule has 0 aromatic rings. The van der Waals surface area contributed by atoms with Crippen LogP contribution in [-0.2, 0) is 4.79 Å². The molecule has 0 fully saturated rings. The highest BCUT2D eigenvalue weighted by molar-refractivity contribution is 8.25. The van der Waals surface area contributed by atoms with Gasteiger partial charge in [0, 0.05) is 18.7 Å². The van der Waals surface area contributed by atoms with Gasteiger partial charge in [0.25, 0.3) is 0 Å². The molecule has 0 rings (SSSR count). The Balaban J connectivity index is 3.32. The van der Waals surface area contributed by atoms with E-state index in [0.717, 1.165) is 11.8 Å². The first kappa shape index (κ1) is 6.49. The fourth-order valence-corrected chi connectivity index (χ4v) is 0.498. The molecule has 0 unspecified atom stereocenters. The predicted octanol–water partition coefficient (Wildman–Crippen LogP) is -1.66. The van der Waals surface area contributed by atoms with Crippen molar-refractivity contribution in [2.45, 2.75) is 6.92 Å². The largest absolute Gasteiger partial charge is 0.307 e. The van der Waals surface area contributed by atoms with E-state index in [0.29, 0.717) is 0 Å². The molecule has 7 heavy (non-hydrogen) atoms. The van der Waals surface area contributed by atoms with Gasteiger partial charge in [-0.2, -0.15) is 0 Å². The van der Waals surface area contributed by atoms with Crippen LogP contribution in [0.15, 0.2) is 0 Å². The van der Waals surface area contributed by atoms with E-state index in [4.69, 9.17) is 11.1 Å². The summed E-state index contributed by atoms with van der Waals surface area (Å²) < 4.78 is 0. The molecular formula is C3H7N2OS+. The molecule has 4 heteroatoms. The molecule has 0 amide bonds. The van der Waals surface area contributed by atoms with Crippen molar-refractivity contribution in [1.82, 2.24) is 0 Å². The highest BCUT2D eigenvalue weighted by atomic mass is 32.2. The van der Waals surface area contributed by atoms with Crippen molar-refractivity contribution in [1.29, 1.82) is 0 Å². The average molecular weight is 119 g/mol. The number of thioether (sulfide) groups is 1. The standard InChI is InChI=1S/C3H6N2OS/c1-2(6)7-3(4)5/h1H3,(H3,4,5)/p+1. The summed E-state index contributed by atoms with van der Waals surface area (Å²) in [4.78, 5) is 10.0. The van der Waals surface area contributed by atoms with Crippen LogP contribution < -0.4 is 11.1 Å². The minimum atomic E-state index is -0.0833. The summed E-state index contributed by atoms with van der Waals surface area (Å²) in [6.45, 7) is 1.41. The van der Waals surface area contributed by atoms with Crippen molar-refractivity contribution in [3.05, 3.63) is 0 Å². The Hall–Kier alpha value is -0.510. The maximum Gasteiger partial charge on any atom is 0.307 e. The van der Waals surface area contributed by atoms with Crippen molar-refractivity contribution in [2.75, 3.05) is 0 Å². The minimum Gasteiger partial charge on any atom is -0.287 e. The normalized spacial score (nSPS) is 8.14. The molecule has 0 spiro atoms. The van der Waals surface area contributed by atoms with Gasteiger partial charge in [-0.25, -0.2) is 0 Å². The van der Waals surface area contributed by atoms with Crippen LogP contribution in [-0.4, -0.2) is 10.3 Å². The van der Waals surface area contributed by atoms with Crippen LogP contribution in [0.3, 0.4) is 0 Å². The van der Waals surface area contributed by atoms with Crippen molar-refractivity contribution in [3.63, 3.8) is 0 Å². The lowest BCUT2D eigenvalue weighted by atomic mass is 10.9. The smallest absolute Gasteiger partial charge is 0.287 e. The van der Waals surface area contributed by atoms with Gasteiger partial charge in [0.2, 0.25) is 0 Å². The maximum atomic E-state index is 10.0. The molecule has 0 saturated carbocycles. The van der Waals surface area contributed by atoms with E-state index in [9.17, 15) is 4.79 Å². The fraction of sp³-hybridized carbons (Fsp3) is 0.333. The second-order valence-corrected chi connectivity index (χ2v) is 2.25. The Morgan fingerprint density at radius 1 is 1.86 bits per heavy atom. The number of hydrogen-bond donors (Lipinski definition) is 2. The van der Waals surface area contributed by atoms with Crippen LogP contribution in [0, 0.1) is 0 Å². The lowest BCUT2D eigenvalue weighted by molar-refractivity contribution is -0.111. The van der Waals surface area contributed by atoms with Gasteiger partial charge in [0.05, 0.1) is 0 Å². The maximum absolute atomic E-state index is 10.0. The van der Waals surface area contributed by atoms with Gasteiger partial charge in [0.15, 0.2) is 5.12 Å². The van der Waals surface area contributed by atoms with Gasteiger partial charge in [0.1, 0.15) is 0 Å². The fourth-order valence-electron chi connectivity index (χ4n) is 0.166. The molecule has 0 aliphatic heterocycles. The number of nitrogens with two attached hydrogens (primary N) is 2. The Bertz CT molecular complexity index is 89.1. The quantitative estimate of drug-likeness (QED) is 0.296. The summed E-state index contributed by atoms with van der Waals surface area (Å²) in [7, 11) is 0. The van der Waals surface area contributed by atoms with Crippen LogP contribution in [0.1, 0.15) is 6.92 Å². The first-order chi connectivity index (χ1) is 3.13. The van der Waals surface area contributed by atoms with E-state index < -0.39 is 0 Å². The third-order valence-electron chi connectivity index (χ3n) is 0.262. The van der Waals surface area contributed by atoms with Crippen LogP contribution >= 0.6 is 11.8 Å². The second-order valence-electron chi connectivity index (χ2n) is 0.996. The molecule has 0 radical (unpaired) electrons. The topological polar surface area (TPSA) is 68.7 Å². The zero-order valence-corrected chi connectivity index (χ0v) is 4.79. The molecule has 40 valence electrons. The molecule has 0 heterocycles. The molecule has 0 bridgehead atoms. The molecular weight excluding hydrogens is 112 g/mol. The van der Waals surface area contributed by atoms with E-state index in [1.165, 1.54) is 6.92 Å². The number of amidine groups is 1. The summed E-state index contributed by atoms with van der Waals surface area (Å²) >= 11 is 0.843. The van der Waals surface area contributed by atoms with Crippen LogP contribution in [0.25, 0.3) is 0 Å². The number of rotatable bonds is 0. The molecule has 0 aliphatic carbocycles. The zero-order chi connectivity index (χ0) is 5.86. The van der Waals surface area contributed by atoms with E-state index in [1.807, 2.05) is 0 Å². The monoisotopic (exact) mass is 119 g/mol. The highest BCUT2D eigenvalue weighted by Crippen LogP contribution is 1.93. The molecule has 0 aromatic heterocycles. The first-order valence-corrected chi connectivity index (χ1v) is 2.51. The highest BCUT2D eigenvalue weighted by Gasteiger charge is 1.98. The summed E-state index contributed by atoms with van der Waals surface area (Å²) in [6, 6.07) is 0. The van der Waals surface area contributed by atoms with E-state index >= 15 is 0 Å². The van der Waals surface area contributed by atoms with Gasteiger partial charge in [-0.05, 0) is 0 Å². The summed E-state index contributed by atoms with van der Waals surface area (Å²) in [6.07, 6.45) is 0.